The minimum Gasteiger partial charge on any atom is -0.462 e. The van der Waals surface area contributed by atoms with Crippen molar-refractivity contribution in [2.75, 3.05) is 6.61 Å². The molecule has 0 aliphatic rings. The maximum absolute atomic E-state index is 13.3. The maximum Gasteiger partial charge on any atom is 0.345 e. The lowest BCUT2D eigenvalue weighted by molar-refractivity contribution is 0.0523. The Kier molecular flexibility index (Phi) is 3.42. The van der Waals surface area contributed by atoms with Crippen LogP contribution in [0.15, 0.2) is 35.5 Å². The number of hydrogen-bond donors (Lipinski definition) is 1. The Labute approximate surface area is 123 Å². The summed E-state index contributed by atoms with van der Waals surface area (Å²) in [5.41, 5.74) is 0.0935. The SMILES string of the molecule is CCOC(=O)c1cnc(-c2cnc3ccc(F)cn23)[nH]c1=O. The first-order valence-electron chi connectivity index (χ1n) is 6.49. The van der Waals surface area contributed by atoms with Crippen LogP contribution in [0.1, 0.15) is 17.3 Å². The monoisotopic (exact) mass is 302 g/mol. The molecule has 7 nitrogen and oxygen atoms in total. The Hall–Kier alpha value is -3.03. The van der Waals surface area contributed by atoms with Gasteiger partial charge in [-0.3, -0.25) is 9.20 Å². The largest absolute Gasteiger partial charge is 0.462 e. The standard InChI is InChI=1S/C14H11FN4O3/c1-2-22-14(21)9-5-17-12(18-13(9)20)10-6-16-11-4-3-8(15)7-19(10)11/h3-7H,2H2,1H3,(H,17,18,20). The van der Waals surface area contributed by atoms with Crippen molar-refractivity contribution in [3.05, 3.63) is 52.5 Å². The van der Waals surface area contributed by atoms with Crippen molar-refractivity contribution in [2.24, 2.45) is 0 Å². The van der Waals surface area contributed by atoms with E-state index in [1.54, 1.807) is 6.92 Å². The predicted molar refractivity (Wildman–Crippen MR) is 75.0 cm³/mol. The van der Waals surface area contributed by atoms with Crippen molar-refractivity contribution in [1.29, 1.82) is 0 Å². The predicted octanol–water partition coefficient (Wildman–Crippen LogP) is 1.40. The molecule has 0 unspecified atom stereocenters. The molecule has 3 aromatic heterocycles. The number of carbonyl (C=O) groups excluding carboxylic acids is 1. The van der Waals surface area contributed by atoms with E-state index in [9.17, 15) is 14.0 Å². The highest BCUT2D eigenvalue weighted by molar-refractivity contribution is 5.88. The van der Waals surface area contributed by atoms with Gasteiger partial charge in [0.05, 0.1) is 12.8 Å². The number of pyridine rings is 1. The number of H-pyrrole nitrogens is 1. The molecule has 1 N–H and O–H groups in total. The fraction of sp³-hybridized carbons (Fsp3) is 0.143. The number of esters is 1. The van der Waals surface area contributed by atoms with Crippen molar-refractivity contribution in [3.63, 3.8) is 0 Å². The van der Waals surface area contributed by atoms with E-state index in [0.29, 0.717) is 11.3 Å². The summed E-state index contributed by atoms with van der Waals surface area (Å²) in [5.74, 6) is -1.01. The fourth-order valence-electron chi connectivity index (χ4n) is 2.01. The molecule has 0 radical (unpaired) electrons. The molecule has 0 aliphatic carbocycles. The first-order chi connectivity index (χ1) is 10.6. The maximum atomic E-state index is 13.3. The molecule has 0 amide bonds. The summed E-state index contributed by atoms with van der Waals surface area (Å²) < 4.78 is 19.6. The van der Waals surface area contributed by atoms with Crippen LogP contribution in [0.3, 0.4) is 0 Å². The normalized spacial score (nSPS) is 10.8. The Morgan fingerprint density at radius 1 is 1.36 bits per heavy atom. The summed E-state index contributed by atoms with van der Waals surface area (Å²) in [5, 5.41) is 0. The number of nitrogens with one attached hydrogen (secondary N) is 1. The Bertz CT molecular complexity index is 916. The van der Waals surface area contributed by atoms with E-state index >= 15 is 0 Å². The van der Waals surface area contributed by atoms with Crippen LogP contribution < -0.4 is 5.56 Å². The lowest BCUT2D eigenvalue weighted by Crippen LogP contribution is -2.21. The van der Waals surface area contributed by atoms with Crippen molar-refractivity contribution in [1.82, 2.24) is 19.4 Å². The molecule has 0 saturated carbocycles. The van der Waals surface area contributed by atoms with Gasteiger partial charge in [0.25, 0.3) is 5.56 Å². The van der Waals surface area contributed by atoms with Gasteiger partial charge < -0.3 is 9.72 Å². The number of fused-ring (bicyclic) bond motifs is 1. The number of hydrogen-bond acceptors (Lipinski definition) is 5. The second-order valence-electron chi connectivity index (χ2n) is 4.41. The molecule has 0 aliphatic heterocycles. The molecular formula is C14H11FN4O3. The molecule has 3 aromatic rings. The van der Waals surface area contributed by atoms with Gasteiger partial charge in [0.1, 0.15) is 22.7 Å². The highest BCUT2D eigenvalue weighted by Crippen LogP contribution is 2.16. The highest BCUT2D eigenvalue weighted by atomic mass is 19.1. The molecule has 8 heteroatoms. The summed E-state index contributed by atoms with van der Waals surface area (Å²) in [6.45, 7) is 1.80. The average molecular weight is 302 g/mol. The number of rotatable bonds is 3. The Balaban J connectivity index is 2.08. The van der Waals surface area contributed by atoms with E-state index in [-0.39, 0.29) is 18.0 Å². The second kappa shape index (κ2) is 5.40. The van der Waals surface area contributed by atoms with Gasteiger partial charge in [-0.2, -0.15) is 0 Å². The number of aromatic amines is 1. The number of carbonyl (C=O) groups is 1. The van der Waals surface area contributed by atoms with Crippen LogP contribution in [0.2, 0.25) is 0 Å². The van der Waals surface area contributed by atoms with Gasteiger partial charge in [0.15, 0.2) is 5.82 Å². The molecule has 0 saturated heterocycles. The zero-order chi connectivity index (χ0) is 15.7. The van der Waals surface area contributed by atoms with Crippen LogP contribution in [0, 0.1) is 5.82 Å². The first kappa shape index (κ1) is 13.9. The number of aromatic nitrogens is 4. The third-order valence-corrected chi connectivity index (χ3v) is 3.01. The third-order valence-electron chi connectivity index (χ3n) is 3.01. The fourth-order valence-corrected chi connectivity index (χ4v) is 2.01. The van der Waals surface area contributed by atoms with E-state index in [2.05, 4.69) is 15.0 Å². The van der Waals surface area contributed by atoms with Crippen molar-refractivity contribution >= 4 is 11.6 Å². The molecular weight excluding hydrogens is 291 g/mol. The summed E-state index contributed by atoms with van der Waals surface area (Å²) in [6, 6.07) is 2.79. The van der Waals surface area contributed by atoms with Crippen molar-refractivity contribution in [3.8, 4) is 11.5 Å². The topological polar surface area (TPSA) is 89.3 Å². The molecule has 22 heavy (non-hydrogen) atoms. The molecule has 0 fully saturated rings. The molecule has 3 heterocycles. The van der Waals surface area contributed by atoms with E-state index < -0.39 is 17.3 Å². The lowest BCUT2D eigenvalue weighted by Gasteiger charge is -2.03. The molecule has 112 valence electrons. The van der Waals surface area contributed by atoms with Crippen LogP contribution in [0.4, 0.5) is 4.39 Å². The average Bonchev–Trinajstić information content (AvgIpc) is 2.90. The van der Waals surface area contributed by atoms with Crippen LogP contribution in [0.25, 0.3) is 17.2 Å². The Morgan fingerprint density at radius 2 is 2.18 bits per heavy atom. The summed E-state index contributed by atoms with van der Waals surface area (Å²) in [6.07, 6.45) is 3.82. The van der Waals surface area contributed by atoms with Gasteiger partial charge in [0.2, 0.25) is 0 Å². The minimum atomic E-state index is -0.744. The van der Waals surface area contributed by atoms with E-state index in [1.807, 2.05) is 0 Å². The van der Waals surface area contributed by atoms with Gasteiger partial charge >= 0.3 is 5.97 Å². The van der Waals surface area contributed by atoms with Gasteiger partial charge in [-0.05, 0) is 19.1 Å². The van der Waals surface area contributed by atoms with Gasteiger partial charge in [-0.1, -0.05) is 0 Å². The Morgan fingerprint density at radius 3 is 2.91 bits per heavy atom. The summed E-state index contributed by atoms with van der Waals surface area (Å²) in [4.78, 5) is 34.1. The highest BCUT2D eigenvalue weighted by Gasteiger charge is 2.15. The summed E-state index contributed by atoms with van der Waals surface area (Å²) >= 11 is 0. The third kappa shape index (κ3) is 2.34. The zero-order valence-electron chi connectivity index (χ0n) is 11.5. The van der Waals surface area contributed by atoms with Crippen LogP contribution in [-0.4, -0.2) is 31.9 Å². The number of nitrogens with zero attached hydrogens (tertiary/aromatic N) is 3. The number of ether oxygens (including phenoxy) is 1. The molecule has 0 bridgehead atoms. The van der Waals surface area contributed by atoms with E-state index in [0.717, 1.165) is 6.20 Å². The van der Waals surface area contributed by atoms with Gasteiger partial charge in [-0.15, -0.1) is 0 Å². The second-order valence-corrected chi connectivity index (χ2v) is 4.41. The molecule has 0 spiro atoms. The minimum absolute atomic E-state index is 0.159. The van der Waals surface area contributed by atoms with E-state index in [4.69, 9.17) is 4.74 Å². The molecule has 3 rings (SSSR count). The zero-order valence-corrected chi connectivity index (χ0v) is 11.5. The van der Waals surface area contributed by atoms with Crippen LogP contribution >= 0.6 is 0 Å². The summed E-state index contributed by atoms with van der Waals surface area (Å²) in [7, 11) is 0. The molecule has 0 atom stereocenters. The lowest BCUT2D eigenvalue weighted by atomic mass is 10.3. The number of imidazole rings is 1. The van der Waals surface area contributed by atoms with Crippen molar-refractivity contribution in [2.45, 2.75) is 6.92 Å². The van der Waals surface area contributed by atoms with E-state index in [1.165, 1.54) is 28.9 Å². The van der Waals surface area contributed by atoms with Gasteiger partial charge in [-0.25, -0.2) is 19.2 Å². The van der Waals surface area contributed by atoms with Gasteiger partial charge in [0, 0.05) is 12.4 Å². The smallest absolute Gasteiger partial charge is 0.345 e. The van der Waals surface area contributed by atoms with Crippen molar-refractivity contribution < 1.29 is 13.9 Å². The number of halogens is 1. The first-order valence-corrected chi connectivity index (χ1v) is 6.49. The van der Waals surface area contributed by atoms with Crippen LogP contribution in [-0.2, 0) is 4.74 Å². The molecule has 0 aromatic carbocycles. The van der Waals surface area contributed by atoms with Crippen LogP contribution in [0.5, 0.6) is 0 Å². The quantitative estimate of drug-likeness (QED) is 0.739.